The van der Waals surface area contributed by atoms with Crippen molar-refractivity contribution in [2.45, 2.75) is 81.1 Å². The molecule has 0 aliphatic carbocycles. The molecule has 6 rings (SSSR count). The second kappa shape index (κ2) is 16.4. The Morgan fingerprint density at radius 2 is 1.00 bits per heavy atom. The summed E-state index contributed by atoms with van der Waals surface area (Å²) in [5.41, 5.74) is 20.3. The predicted molar refractivity (Wildman–Crippen MR) is 233 cm³/mol. The second-order valence-electron chi connectivity index (χ2n) is 15.6. The van der Waals surface area contributed by atoms with Crippen molar-refractivity contribution < 1.29 is 5.11 Å². The summed E-state index contributed by atoms with van der Waals surface area (Å²) in [5, 5.41) is 19.0. The van der Waals surface area contributed by atoms with Crippen molar-refractivity contribution in [3.63, 3.8) is 0 Å². The third-order valence-electron chi connectivity index (χ3n) is 10.9. The van der Waals surface area contributed by atoms with Crippen molar-refractivity contribution in [2.24, 2.45) is 0 Å². The van der Waals surface area contributed by atoms with Crippen LogP contribution in [0.5, 0.6) is 5.75 Å². The number of phenols is 1. The first kappa shape index (κ1) is 38.4. The Bertz CT molecular complexity index is 2220. The molecule has 0 heterocycles. The van der Waals surface area contributed by atoms with Gasteiger partial charge in [0.05, 0.1) is 19.0 Å². The van der Waals surface area contributed by atoms with Crippen LogP contribution >= 0.6 is 0 Å². The van der Waals surface area contributed by atoms with Crippen LogP contribution < -0.4 is 15.5 Å². The normalized spacial score (nSPS) is 11.4. The number of hydrogen-bond donors (Lipinski definition) is 3. The molecule has 6 aromatic rings. The van der Waals surface area contributed by atoms with Crippen LogP contribution in [0.2, 0.25) is 0 Å². The molecule has 0 saturated carbocycles. The van der Waals surface area contributed by atoms with Gasteiger partial charge in [-0.15, -0.1) is 0 Å². The van der Waals surface area contributed by atoms with Crippen molar-refractivity contribution in [1.29, 1.82) is 0 Å². The molecule has 3 N–H and O–H groups in total. The van der Waals surface area contributed by atoms with Gasteiger partial charge in [0.15, 0.2) is 0 Å². The molecular weight excluding hydrogens is 659 g/mol. The third kappa shape index (κ3) is 7.95. The average Bonchev–Trinajstić information content (AvgIpc) is 3.13. The van der Waals surface area contributed by atoms with Gasteiger partial charge in [-0.1, -0.05) is 107 Å². The minimum Gasteiger partial charge on any atom is -0.506 e. The molecule has 0 spiro atoms. The number of nitrogens with one attached hydrogen (secondary N) is 2. The molecule has 0 saturated heterocycles. The number of aromatic hydroxyl groups is 1. The van der Waals surface area contributed by atoms with Crippen molar-refractivity contribution in [3.05, 3.63) is 154 Å². The van der Waals surface area contributed by atoms with Gasteiger partial charge < -0.3 is 15.3 Å². The Morgan fingerprint density at radius 3 is 1.56 bits per heavy atom. The lowest BCUT2D eigenvalue weighted by molar-refractivity contribution is 0.475. The molecule has 0 unspecified atom stereocenters. The van der Waals surface area contributed by atoms with Gasteiger partial charge >= 0.3 is 0 Å². The van der Waals surface area contributed by atoms with Crippen LogP contribution in [0.3, 0.4) is 0 Å². The summed E-state index contributed by atoms with van der Waals surface area (Å²) in [6, 6.07) is 39.1. The van der Waals surface area contributed by atoms with E-state index in [0.29, 0.717) is 25.2 Å². The van der Waals surface area contributed by atoms with Gasteiger partial charge in [-0.2, -0.15) is 0 Å². The van der Waals surface area contributed by atoms with Crippen LogP contribution in [-0.4, -0.2) is 18.4 Å². The zero-order valence-electron chi connectivity index (χ0n) is 33.9. The molecule has 0 aliphatic heterocycles. The average molecular weight is 716 g/mol. The lowest BCUT2D eigenvalue weighted by Crippen LogP contribution is -2.34. The summed E-state index contributed by atoms with van der Waals surface area (Å²) in [6.45, 7) is 23.1. The molecule has 54 heavy (non-hydrogen) atoms. The minimum atomic E-state index is 0.247. The Labute approximate surface area is 323 Å². The number of nitrogens with zero attached hydrogens (tertiary/aromatic N) is 1. The van der Waals surface area contributed by atoms with E-state index in [0.717, 1.165) is 28.2 Å². The Hall–Kier alpha value is -5.32. The van der Waals surface area contributed by atoms with E-state index < -0.39 is 0 Å². The standard InChI is InChI=1S/C50H57N3O/c1-31(2)42-18-13-19-43(32(3)4)50(42)41-23-25-47(54)46(28-41)53(45-24-22-39(26-38(45)10)48-34(6)14-11-15-35(48)7)30-51-29-52-44-27-40(21-20-33(44)5)49-36(8)16-12-17-37(49)9/h11-28,31-32,51-52,54H,29-30H2,1-10H3. The summed E-state index contributed by atoms with van der Waals surface area (Å²) >= 11 is 0. The summed E-state index contributed by atoms with van der Waals surface area (Å²) < 4.78 is 0. The number of rotatable bonds is 12. The molecule has 0 bridgehead atoms. The molecule has 0 aliphatic rings. The molecule has 0 atom stereocenters. The molecule has 0 radical (unpaired) electrons. The number of phenolic OH excluding ortho intramolecular Hbond substituents is 1. The second-order valence-corrected chi connectivity index (χ2v) is 15.6. The fourth-order valence-corrected chi connectivity index (χ4v) is 8.03. The lowest BCUT2D eigenvalue weighted by Gasteiger charge is -2.29. The summed E-state index contributed by atoms with van der Waals surface area (Å²) in [7, 11) is 0. The summed E-state index contributed by atoms with van der Waals surface area (Å²) in [5.74, 6) is 0.962. The van der Waals surface area contributed by atoms with E-state index in [1.54, 1.807) is 0 Å². The molecule has 6 aromatic carbocycles. The maximum atomic E-state index is 11.6. The summed E-state index contributed by atoms with van der Waals surface area (Å²) in [4.78, 5) is 2.22. The highest BCUT2D eigenvalue weighted by molar-refractivity contribution is 5.82. The highest BCUT2D eigenvalue weighted by atomic mass is 16.3. The van der Waals surface area contributed by atoms with Crippen LogP contribution in [0.15, 0.2) is 109 Å². The van der Waals surface area contributed by atoms with E-state index in [4.69, 9.17) is 0 Å². The highest BCUT2D eigenvalue weighted by Crippen LogP contribution is 2.43. The zero-order valence-corrected chi connectivity index (χ0v) is 33.9. The van der Waals surface area contributed by atoms with E-state index >= 15 is 0 Å². The van der Waals surface area contributed by atoms with Gasteiger partial charge in [0.2, 0.25) is 0 Å². The predicted octanol–water partition coefficient (Wildman–Crippen LogP) is 13.2. The van der Waals surface area contributed by atoms with Crippen LogP contribution in [0.4, 0.5) is 17.1 Å². The van der Waals surface area contributed by atoms with Crippen molar-refractivity contribution in [3.8, 4) is 39.1 Å². The van der Waals surface area contributed by atoms with Gasteiger partial charge in [0.25, 0.3) is 0 Å². The van der Waals surface area contributed by atoms with E-state index in [-0.39, 0.29) is 5.75 Å². The van der Waals surface area contributed by atoms with Gasteiger partial charge in [-0.05, 0) is 162 Å². The first-order valence-corrected chi connectivity index (χ1v) is 19.4. The quantitative estimate of drug-likeness (QED) is 0.0872. The first-order chi connectivity index (χ1) is 25.8. The minimum absolute atomic E-state index is 0.247. The van der Waals surface area contributed by atoms with Crippen LogP contribution in [0.1, 0.15) is 84.0 Å². The largest absolute Gasteiger partial charge is 0.506 e. The van der Waals surface area contributed by atoms with Gasteiger partial charge in [-0.25, -0.2) is 0 Å². The molecule has 0 fully saturated rings. The highest BCUT2D eigenvalue weighted by Gasteiger charge is 2.21. The van der Waals surface area contributed by atoms with Gasteiger partial charge in [-0.3, -0.25) is 5.32 Å². The molecule has 4 nitrogen and oxygen atoms in total. The van der Waals surface area contributed by atoms with Gasteiger partial charge in [0.1, 0.15) is 5.75 Å². The molecule has 0 amide bonds. The number of aryl methyl sites for hydroxylation is 6. The van der Waals surface area contributed by atoms with Crippen molar-refractivity contribution >= 4 is 17.1 Å². The third-order valence-corrected chi connectivity index (χ3v) is 10.9. The van der Waals surface area contributed by atoms with Gasteiger partial charge in [0, 0.05) is 11.4 Å². The van der Waals surface area contributed by atoms with E-state index in [1.165, 1.54) is 66.8 Å². The Morgan fingerprint density at radius 1 is 0.500 bits per heavy atom. The number of anilines is 3. The molecular formula is C50H57N3O. The summed E-state index contributed by atoms with van der Waals surface area (Å²) in [6.07, 6.45) is 0. The Balaban J connectivity index is 1.38. The Kier molecular flexibility index (Phi) is 11.6. The fourth-order valence-electron chi connectivity index (χ4n) is 8.03. The topological polar surface area (TPSA) is 47.5 Å². The molecule has 4 heteroatoms. The van der Waals surface area contributed by atoms with Crippen molar-refractivity contribution in [2.75, 3.05) is 23.6 Å². The van der Waals surface area contributed by atoms with E-state index in [9.17, 15) is 5.11 Å². The molecule has 0 aromatic heterocycles. The molecule has 278 valence electrons. The lowest BCUT2D eigenvalue weighted by atomic mass is 9.85. The van der Waals surface area contributed by atoms with E-state index in [2.05, 4.69) is 188 Å². The smallest absolute Gasteiger partial charge is 0.139 e. The zero-order chi connectivity index (χ0) is 38.7. The number of benzene rings is 6. The van der Waals surface area contributed by atoms with E-state index in [1.807, 2.05) is 6.07 Å². The van der Waals surface area contributed by atoms with Crippen molar-refractivity contribution in [1.82, 2.24) is 5.32 Å². The van der Waals surface area contributed by atoms with Crippen LogP contribution in [-0.2, 0) is 0 Å². The SMILES string of the molecule is Cc1ccc(-c2c(C)cccc2C)cc1NCNCN(c1ccc(-c2c(C)cccc2C)cc1C)c1cc(-c2c(C(C)C)cccc2C(C)C)ccc1O. The first-order valence-electron chi connectivity index (χ1n) is 19.4. The van der Waals surface area contributed by atoms with Crippen LogP contribution in [0.25, 0.3) is 33.4 Å². The van der Waals surface area contributed by atoms with Crippen LogP contribution in [0, 0.1) is 41.5 Å². The monoisotopic (exact) mass is 715 g/mol. The maximum absolute atomic E-state index is 11.6. The fraction of sp³-hybridized carbons (Fsp3) is 0.280. The number of hydrogen-bond acceptors (Lipinski definition) is 4. The maximum Gasteiger partial charge on any atom is 0.139 e.